The van der Waals surface area contributed by atoms with Crippen LogP contribution in [0.15, 0.2) is 48.8 Å². The van der Waals surface area contributed by atoms with E-state index in [9.17, 15) is 9.90 Å². The molecule has 0 radical (unpaired) electrons. The number of nitrogens with one attached hydrogen (secondary N) is 1. The van der Waals surface area contributed by atoms with E-state index in [0.717, 1.165) is 54.9 Å². The normalized spacial score (nSPS) is 16.9. The molecule has 4 heterocycles. The van der Waals surface area contributed by atoms with Gasteiger partial charge >= 0.3 is 0 Å². The van der Waals surface area contributed by atoms with Crippen LogP contribution in [0, 0.1) is 5.92 Å². The van der Waals surface area contributed by atoms with Gasteiger partial charge in [-0.3, -0.25) is 19.7 Å². The maximum absolute atomic E-state index is 11.5. The summed E-state index contributed by atoms with van der Waals surface area (Å²) in [5.41, 5.74) is 4.81. The van der Waals surface area contributed by atoms with Crippen molar-refractivity contribution in [3.8, 4) is 45.4 Å². The van der Waals surface area contributed by atoms with Gasteiger partial charge in [0, 0.05) is 60.3 Å². The van der Waals surface area contributed by atoms with Crippen molar-refractivity contribution in [3.63, 3.8) is 0 Å². The number of halogens is 2. The number of likely N-dealkylation sites (tertiary alicyclic amines) is 1. The lowest BCUT2D eigenvalue weighted by atomic mass is 9.84. The van der Waals surface area contributed by atoms with Gasteiger partial charge in [0.1, 0.15) is 11.4 Å². The Morgan fingerprint density at radius 3 is 1.96 bits per heavy atom. The number of ether oxygens (including phenoxy) is 2. The third-order valence-corrected chi connectivity index (χ3v) is 10.0. The standard InChI is InChI=1S/C36H40Cl2N6O4/c1-36(2,46)21-18-44(19-21)20-30-35(48-4)43-29(17-40-30)26-12-7-10-24(33(26)38)23-9-6-11-25(32(23)37)28-16-39-27(34(42-28)47-3)13-5-8-22-14-15-31(45)41-22/h6-7,9-12,16-17,21-22,46H,5,8,13-15,18-20H2,1-4H3,(H,41,45)/t22-/m1/s1. The lowest BCUT2D eigenvalue weighted by molar-refractivity contribution is -0.119. The molecule has 0 unspecified atom stereocenters. The molecule has 2 aromatic heterocycles. The number of benzene rings is 2. The number of hydrogen-bond acceptors (Lipinski definition) is 9. The molecule has 1 atom stereocenters. The molecule has 2 aliphatic rings. The molecule has 1 amide bonds. The summed E-state index contributed by atoms with van der Waals surface area (Å²) < 4.78 is 11.3. The molecule has 0 bridgehead atoms. The summed E-state index contributed by atoms with van der Waals surface area (Å²) in [5.74, 6) is 1.23. The number of carbonyl (C=O) groups is 1. The number of hydrogen-bond donors (Lipinski definition) is 2. The van der Waals surface area contributed by atoms with Crippen molar-refractivity contribution in [2.24, 2.45) is 5.92 Å². The third-order valence-electron chi connectivity index (χ3n) is 9.23. The molecule has 2 fully saturated rings. The fourth-order valence-corrected chi connectivity index (χ4v) is 6.95. The van der Waals surface area contributed by atoms with Crippen molar-refractivity contribution in [1.82, 2.24) is 30.2 Å². The molecule has 2 aromatic carbocycles. The Balaban J connectivity index is 1.22. The maximum Gasteiger partial charge on any atom is 0.237 e. The van der Waals surface area contributed by atoms with Crippen LogP contribution < -0.4 is 14.8 Å². The zero-order chi connectivity index (χ0) is 34.0. The van der Waals surface area contributed by atoms with Gasteiger partial charge in [0.2, 0.25) is 17.7 Å². The lowest BCUT2D eigenvalue weighted by Gasteiger charge is -2.45. The van der Waals surface area contributed by atoms with Crippen LogP contribution in [-0.2, 0) is 17.8 Å². The topological polar surface area (TPSA) is 123 Å². The predicted molar refractivity (Wildman–Crippen MR) is 186 cm³/mol. The summed E-state index contributed by atoms with van der Waals surface area (Å²) in [7, 11) is 3.17. The number of amides is 1. The Hall–Kier alpha value is -3.83. The number of methoxy groups -OCH3 is 2. The second-order valence-corrected chi connectivity index (χ2v) is 13.8. The van der Waals surface area contributed by atoms with Gasteiger partial charge in [-0.05, 0) is 39.5 Å². The molecule has 10 nitrogen and oxygen atoms in total. The number of nitrogens with zero attached hydrogens (tertiary/aromatic N) is 5. The van der Waals surface area contributed by atoms with E-state index >= 15 is 0 Å². The molecule has 2 aliphatic heterocycles. The van der Waals surface area contributed by atoms with Crippen LogP contribution in [0.25, 0.3) is 33.6 Å². The van der Waals surface area contributed by atoms with Gasteiger partial charge < -0.3 is 19.9 Å². The van der Waals surface area contributed by atoms with Crippen LogP contribution in [0.5, 0.6) is 11.8 Å². The first kappa shape index (κ1) is 34.0. The monoisotopic (exact) mass is 690 g/mol. The van der Waals surface area contributed by atoms with Crippen molar-refractivity contribution in [3.05, 3.63) is 70.2 Å². The number of aromatic nitrogens is 4. The summed E-state index contributed by atoms with van der Waals surface area (Å²) in [6, 6.07) is 11.7. The highest BCUT2D eigenvalue weighted by atomic mass is 35.5. The van der Waals surface area contributed by atoms with Crippen molar-refractivity contribution in [1.29, 1.82) is 0 Å². The van der Waals surface area contributed by atoms with Gasteiger partial charge in [0.25, 0.3) is 0 Å². The minimum absolute atomic E-state index is 0.123. The quantitative estimate of drug-likeness (QED) is 0.174. The Morgan fingerprint density at radius 2 is 1.44 bits per heavy atom. The summed E-state index contributed by atoms with van der Waals surface area (Å²) in [6.45, 7) is 5.84. The number of aliphatic hydroxyl groups is 1. The molecule has 4 aromatic rings. The fraction of sp³-hybridized carbons (Fsp3) is 0.417. The van der Waals surface area contributed by atoms with Gasteiger partial charge in [0.05, 0.1) is 53.6 Å². The average Bonchev–Trinajstić information content (AvgIpc) is 3.47. The van der Waals surface area contributed by atoms with Gasteiger partial charge in [-0.2, -0.15) is 0 Å². The molecular formula is C36H40Cl2N6O4. The van der Waals surface area contributed by atoms with Crippen LogP contribution in [0.2, 0.25) is 10.0 Å². The smallest absolute Gasteiger partial charge is 0.237 e. The van der Waals surface area contributed by atoms with Gasteiger partial charge in [-0.15, -0.1) is 0 Å². The van der Waals surface area contributed by atoms with E-state index in [1.165, 1.54) is 0 Å². The molecule has 2 saturated heterocycles. The fourth-order valence-electron chi connectivity index (χ4n) is 6.30. The molecule has 0 spiro atoms. The van der Waals surface area contributed by atoms with Crippen LogP contribution >= 0.6 is 23.2 Å². The first-order chi connectivity index (χ1) is 23.0. The predicted octanol–water partition coefficient (Wildman–Crippen LogP) is 6.40. The second-order valence-electron chi connectivity index (χ2n) is 13.0. The maximum atomic E-state index is 11.5. The average molecular weight is 692 g/mol. The Labute approximate surface area is 290 Å². The molecule has 48 heavy (non-hydrogen) atoms. The van der Waals surface area contributed by atoms with E-state index in [-0.39, 0.29) is 17.9 Å². The highest BCUT2D eigenvalue weighted by molar-refractivity contribution is 6.39. The van der Waals surface area contributed by atoms with Gasteiger partial charge in [-0.1, -0.05) is 59.6 Å². The SMILES string of the molecule is COc1nc(-c2cccc(-c3cccc(-c4cnc(CN5CC(C(C)(C)O)C5)c(OC)n4)c3Cl)c2Cl)cnc1CCC[C@@H]1CCC(=O)N1. The minimum Gasteiger partial charge on any atom is -0.480 e. The van der Waals surface area contributed by atoms with Crippen LogP contribution in [0.4, 0.5) is 0 Å². The zero-order valence-corrected chi connectivity index (χ0v) is 29.1. The number of rotatable bonds is 12. The zero-order valence-electron chi connectivity index (χ0n) is 27.6. The molecule has 0 saturated carbocycles. The second kappa shape index (κ2) is 14.3. The molecule has 252 valence electrons. The van der Waals surface area contributed by atoms with Crippen molar-refractivity contribution >= 4 is 29.1 Å². The van der Waals surface area contributed by atoms with Crippen LogP contribution in [-0.4, -0.2) is 74.8 Å². The molecule has 0 aliphatic carbocycles. The van der Waals surface area contributed by atoms with Gasteiger partial charge in [-0.25, -0.2) is 9.97 Å². The van der Waals surface area contributed by atoms with Crippen molar-refractivity contribution in [2.45, 2.75) is 64.1 Å². The highest BCUT2D eigenvalue weighted by Crippen LogP contribution is 2.42. The Morgan fingerprint density at radius 1 is 0.896 bits per heavy atom. The Bertz CT molecular complexity index is 1810. The van der Waals surface area contributed by atoms with Crippen molar-refractivity contribution < 1.29 is 19.4 Å². The Kier molecular flexibility index (Phi) is 10.2. The summed E-state index contributed by atoms with van der Waals surface area (Å²) in [4.78, 5) is 32.6. The summed E-state index contributed by atoms with van der Waals surface area (Å²) >= 11 is 14.1. The van der Waals surface area contributed by atoms with Crippen LogP contribution in [0.3, 0.4) is 0 Å². The lowest BCUT2D eigenvalue weighted by Crippen LogP contribution is -2.55. The highest BCUT2D eigenvalue weighted by Gasteiger charge is 2.37. The molecule has 6 rings (SSSR count). The molecule has 2 N–H and O–H groups in total. The van der Waals surface area contributed by atoms with E-state index in [0.29, 0.717) is 63.7 Å². The van der Waals surface area contributed by atoms with E-state index in [2.05, 4.69) is 15.2 Å². The first-order valence-electron chi connectivity index (χ1n) is 16.2. The largest absolute Gasteiger partial charge is 0.480 e. The first-order valence-corrected chi connectivity index (χ1v) is 16.9. The van der Waals surface area contributed by atoms with E-state index in [1.54, 1.807) is 26.6 Å². The summed E-state index contributed by atoms with van der Waals surface area (Å²) in [5, 5.41) is 14.3. The van der Waals surface area contributed by atoms with Gasteiger partial charge in [0.15, 0.2) is 0 Å². The minimum atomic E-state index is -0.706. The number of aryl methyl sites for hydroxylation is 1. The van der Waals surface area contributed by atoms with Crippen LogP contribution in [0.1, 0.15) is 50.9 Å². The van der Waals surface area contributed by atoms with Crippen molar-refractivity contribution in [2.75, 3.05) is 27.3 Å². The van der Waals surface area contributed by atoms with E-state index in [4.69, 9.17) is 47.6 Å². The number of carbonyl (C=O) groups excluding carboxylic acids is 1. The third kappa shape index (κ3) is 7.27. The van der Waals surface area contributed by atoms with E-state index < -0.39 is 5.60 Å². The van der Waals surface area contributed by atoms with E-state index in [1.807, 2.05) is 50.2 Å². The molecule has 12 heteroatoms. The summed E-state index contributed by atoms with van der Waals surface area (Å²) in [6.07, 6.45) is 7.33. The molecular weight excluding hydrogens is 651 g/mol.